The monoisotopic (exact) mass is 351 g/mol. The van der Waals surface area contributed by atoms with Gasteiger partial charge in [0.05, 0.1) is 43.4 Å². The number of esters is 2. The molecule has 0 fully saturated rings. The van der Waals surface area contributed by atoms with E-state index in [0.29, 0.717) is 27.5 Å². The zero-order valence-electron chi connectivity index (χ0n) is 13.8. The molecular formula is C17H18ClNO5. The molecule has 0 atom stereocenters. The quantitative estimate of drug-likeness (QED) is 0.776. The van der Waals surface area contributed by atoms with Gasteiger partial charge in [-0.15, -0.1) is 0 Å². The van der Waals surface area contributed by atoms with Crippen LogP contribution in [0.3, 0.4) is 0 Å². The predicted octanol–water partition coefficient (Wildman–Crippen LogP) is 2.49. The van der Waals surface area contributed by atoms with Gasteiger partial charge in [-0.2, -0.15) is 0 Å². The molecule has 1 aliphatic heterocycles. The maximum absolute atomic E-state index is 12.2. The Balaban J connectivity index is 2.59. The molecule has 0 saturated carbocycles. The van der Waals surface area contributed by atoms with E-state index in [4.69, 9.17) is 25.8 Å². The van der Waals surface area contributed by atoms with E-state index in [1.54, 1.807) is 42.5 Å². The molecule has 0 radical (unpaired) electrons. The van der Waals surface area contributed by atoms with Gasteiger partial charge in [-0.25, -0.2) is 9.59 Å². The summed E-state index contributed by atoms with van der Waals surface area (Å²) in [7, 11) is 5.80. The number of nitrogens with zero attached hydrogens (tertiary/aromatic N) is 1. The van der Waals surface area contributed by atoms with E-state index in [1.165, 1.54) is 21.3 Å². The molecule has 24 heavy (non-hydrogen) atoms. The van der Waals surface area contributed by atoms with Crippen molar-refractivity contribution in [3.05, 3.63) is 52.3 Å². The summed E-state index contributed by atoms with van der Waals surface area (Å²) in [5, 5.41) is 0.377. The van der Waals surface area contributed by atoms with Crippen LogP contribution in [0.5, 0.6) is 5.75 Å². The summed E-state index contributed by atoms with van der Waals surface area (Å²) in [6.45, 7) is 0. The normalized spacial score (nSPS) is 14.6. The molecule has 0 bridgehead atoms. The molecule has 0 N–H and O–H groups in total. The van der Waals surface area contributed by atoms with Crippen LogP contribution in [-0.2, 0) is 19.1 Å². The van der Waals surface area contributed by atoms with Crippen LogP contribution in [0.1, 0.15) is 11.5 Å². The number of carbonyl (C=O) groups excluding carboxylic acids is 2. The van der Waals surface area contributed by atoms with Gasteiger partial charge in [-0.05, 0) is 17.7 Å². The van der Waals surface area contributed by atoms with Crippen LogP contribution >= 0.6 is 11.6 Å². The molecule has 0 amide bonds. The Kier molecular flexibility index (Phi) is 5.51. The van der Waals surface area contributed by atoms with E-state index < -0.39 is 17.9 Å². The second kappa shape index (κ2) is 7.40. The van der Waals surface area contributed by atoms with Gasteiger partial charge < -0.3 is 19.1 Å². The Morgan fingerprint density at radius 3 is 2.00 bits per heavy atom. The van der Waals surface area contributed by atoms with Crippen LogP contribution in [0.25, 0.3) is 0 Å². The van der Waals surface area contributed by atoms with Gasteiger partial charge in [0, 0.05) is 19.4 Å². The Morgan fingerprint density at radius 2 is 1.58 bits per heavy atom. The van der Waals surface area contributed by atoms with Crippen molar-refractivity contribution in [2.75, 3.05) is 28.4 Å². The average molecular weight is 352 g/mol. The Labute approximate surface area is 145 Å². The van der Waals surface area contributed by atoms with Crippen LogP contribution in [0.4, 0.5) is 0 Å². The molecule has 1 heterocycles. The lowest BCUT2D eigenvalue weighted by molar-refractivity contribution is -0.137. The van der Waals surface area contributed by atoms with Crippen molar-refractivity contribution in [2.45, 2.75) is 5.92 Å². The summed E-state index contributed by atoms with van der Waals surface area (Å²) in [6, 6.07) is 5.08. The van der Waals surface area contributed by atoms with Gasteiger partial charge in [-0.3, -0.25) is 0 Å². The number of halogens is 1. The van der Waals surface area contributed by atoms with Gasteiger partial charge >= 0.3 is 11.9 Å². The lowest BCUT2D eigenvalue weighted by atomic mass is 9.83. The van der Waals surface area contributed by atoms with E-state index in [2.05, 4.69) is 0 Å². The van der Waals surface area contributed by atoms with Crippen LogP contribution in [0.2, 0.25) is 5.02 Å². The maximum Gasteiger partial charge on any atom is 0.336 e. The molecule has 0 aromatic heterocycles. The number of hydrogen-bond donors (Lipinski definition) is 0. The van der Waals surface area contributed by atoms with Gasteiger partial charge in [0.15, 0.2) is 0 Å². The standard InChI is InChI=1S/C17H18ClNO5/c1-19-8-11(16(20)23-3)15(12(9-19)17(21)24-4)10-5-6-14(22-2)13(18)7-10/h5-9,15H,1-4H3. The minimum Gasteiger partial charge on any atom is -0.495 e. The molecule has 6 nitrogen and oxygen atoms in total. The van der Waals surface area contributed by atoms with Crippen LogP contribution in [0.15, 0.2) is 41.7 Å². The Hall–Kier alpha value is -2.47. The summed E-state index contributed by atoms with van der Waals surface area (Å²) in [5.41, 5.74) is 1.27. The molecule has 1 aliphatic rings. The van der Waals surface area contributed by atoms with E-state index >= 15 is 0 Å². The van der Waals surface area contributed by atoms with Gasteiger partial charge in [-0.1, -0.05) is 17.7 Å². The molecule has 0 aliphatic carbocycles. The van der Waals surface area contributed by atoms with Crippen molar-refractivity contribution < 1.29 is 23.8 Å². The van der Waals surface area contributed by atoms with Crippen molar-refractivity contribution in [2.24, 2.45) is 0 Å². The topological polar surface area (TPSA) is 65.1 Å². The first-order chi connectivity index (χ1) is 11.4. The summed E-state index contributed by atoms with van der Waals surface area (Å²) in [4.78, 5) is 26.0. The number of carbonyl (C=O) groups is 2. The summed E-state index contributed by atoms with van der Waals surface area (Å²) in [5.74, 6) is -1.22. The molecule has 1 aromatic rings. The first kappa shape index (κ1) is 17.9. The highest BCUT2D eigenvalue weighted by Crippen LogP contribution is 2.39. The first-order valence-electron chi connectivity index (χ1n) is 7.08. The van der Waals surface area contributed by atoms with E-state index in [-0.39, 0.29) is 0 Å². The van der Waals surface area contributed by atoms with Gasteiger partial charge in [0.1, 0.15) is 5.75 Å². The van der Waals surface area contributed by atoms with Crippen LogP contribution < -0.4 is 4.74 Å². The largest absolute Gasteiger partial charge is 0.495 e. The summed E-state index contributed by atoms with van der Waals surface area (Å²) >= 11 is 6.19. The summed E-state index contributed by atoms with van der Waals surface area (Å²) < 4.78 is 14.9. The molecule has 2 rings (SSSR count). The highest BCUT2D eigenvalue weighted by Gasteiger charge is 2.34. The third-order valence-electron chi connectivity index (χ3n) is 3.66. The zero-order valence-corrected chi connectivity index (χ0v) is 14.6. The SMILES string of the molecule is COC(=O)C1=CN(C)C=C(C(=O)OC)C1c1ccc(OC)c(Cl)c1. The predicted molar refractivity (Wildman–Crippen MR) is 88.7 cm³/mol. The average Bonchev–Trinajstić information content (AvgIpc) is 2.59. The Morgan fingerprint density at radius 1 is 1.04 bits per heavy atom. The second-order valence-electron chi connectivity index (χ2n) is 5.14. The fourth-order valence-electron chi connectivity index (χ4n) is 2.59. The van der Waals surface area contributed by atoms with Gasteiger partial charge in [0.25, 0.3) is 0 Å². The molecule has 0 spiro atoms. The van der Waals surface area contributed by atoms with Crippen LogP contribution in [-0.4, -0.2) is 45.2 Å². The van der Waals surface area contributed by atoms with Crippen molar-refractivity contribution in [1.29, 1.82) is 0 Å². The number of benzene rings is 1. The van der Waals surface area contributed by atoms with Crippen molar-refractivity contribution >= 4 is 23.5 Å². The molecule has 7 heteroatoms. The molecule has 128 valence electrons. The van der Waals surface area contributed by atoms with E-state index in [0.717, 1.165) is 0 Å². The zero-order chi connectivity index (χ0) is 17.9. The minimum absolute atomic E-state index is 0.309. The third-order valence-corrected chi connectivity index (χ3v) is 3.95. The van der Waals surface area contributed by atoms with Gasteiger partial charge in [0.2, 0.25) is 0 Å². The molecule has 0 saturated heterocycles. The highest BCUT2D eigenvalue weighted by atomic mass is 35.5. The maximum atomic E-state index is 12.2. The van der Waals surface area contributed by atoms with E-state index in [9.17, 15) is 9.59 Å². The van der Waals surface area contributed by atoms with Crippen LogP contribution in [0, 0.1) is 0 Å². The molecule has 0 unspecified atom stereocenters. The van der Waals surface area contributed by atoms with E-state index in [1.807, 2.05) is 0 Å². The smallest absolute Gasteiger partial charge is 0.336 e. The lowest BCUT2D eigenvalue weighted by Gasteiger charge is -2.28. The number of ether oxygens (including phenoxy) is 3. The highest BCUT2D eigenvalue weighted by molar-refractivity contribution is 6.32. The first-order valence-corrected chi connectivity index (χ1v) is 7.46. The fraction of sp³-hybridized carbons (Fsp3) is 0.294. The number of hydrogen-bond acceptors (Lipinski definition) is 6. The summed E-state index contributed by atoms with van der Waals surface area (Å²) in [6.07, 6.45) is 3.22. The lowest BCUT2D eigenvalue weighted by Crippen LogP contribution is -2.27. The third kappa shape index (κ3) is 3.38. The minimum atomic E-state index is -0.649. The number of rotatable bonds is 4. The second-order valence-corrected chi connectivity index (χ2v) is 5.55. The fourth-order valence-corrected chi connectivity index (χ4v) is 2.86. The Bertz CT molecular complexity index is 692. The van der Waals surface area contributed by atoms with Crippen molar-refractivity contribution in [3.8, 4) is 5.75 Å². The van der Waals surface area contributed by atoms with Crippen molar-refractivity contribution in [1.82, 2.24) is 4.90 Å². The molecular weight excluding hydrogens is 334 g/mol. The molecule has 1 aromatic carbocycles. The van der Waals surface area contributed by atoms with Crippen molar-refractivity contribution in [3.63, 3.8) is 0 Å². The number of methoxy groups -OCH3 is 3.